The minimum atomic E-state index is -0.528. The fraction of sp³-hybridized carbons (Fsp3) is 0.148. The molecule has 2 amide bonds. The van der Waals surface area contributed by atoms with Crippen molar-refractivity contribution in [3.8, 4) is 11.8 Å². The molecule has 2 N–H and O–H groups in total. The van der Waals surface area contributed by atoms with Crippen LogP contribution < -0.4 is 15.4 Å². The maximum atomic E-state index is 12.8. The SMILES string of the molecule is Cc1ccc(NC(=O)COc2ccc(Br)cc2/C=C(\C#N)C(=O)Nc2cccc(C)c2C)cc1. The number of hydrogen-bond acceptors (Lipinski definition) is 4. The van der Waals surface area contributed by atoms with Crippen molar-refractivity contribution >= 4 is 45.2 Å². The Morgan fingerprint density at radius 3 is 2.47 bits per heavy atom. The highest BCUT2D eigenvalue weighted by Crippen LogP contribution is 2.26. The summed E-state index contributed by atoms with van der Waals surface area (Å²) in [6.45, 7) is 5.59. The van der Waals surface area contributed by atoms with Gasteiger partial charge in [-0.15, -0.1) is 0 Å². The molecule has 172 valence electrons. The van der Waals surface area contributed by atoms with Gasteiger partial charge >= 0.3 is 0 Å². The Hall–Kier alpha value is -3.89. The molecule has 0 unspecified atom stereocenters. The maximum absolute atomic E-state index is 12.8. The number of nitrogens with zero attached hydrogens (tertiary/aromatic N) is 1. The van der Waals surface area contributed by atoms with E-state index >= 15 is 0 Å². The first-order valence-electron chi connectivity index (χ1n) is 10.5. The van der Waals surface area contributed by atoms with Crippen molar-refractivity contribution in [3.05, 3.63) is 93.0 Å². The molecule has 3 aromatic carbocycles. The molecule has 34 heavy (non-hydrogen) atoms. The molecule has 0 aliphatic rings. The predicted octanol–water partition coefficient (Wildman–Crippen LogP) is 5.94. The smallest absolute Gasteiger partial charge is 0.266 e. The summed E-state index contributed by atoms with van der Waals surface area (Å²) in [7, 11) is 0. The number of aryl methyl sites for hydroxylation is 2. The number of anilines is 2. The van der Waals surface area contributed by atoms with Crippen LogP contribution in [0.15, 0.2) is 70.7 Å². The number of benzene rings is 3. The molecule has 7 heteroatoms. The summed E-state index contributed by atoms with van der Waals surface area (Å²) >= 11 is 3.40. The Bertz CT molecular complexity index is 1290. The third-order valence-electron chi connectivity index (χ3n) is 5.18. The molecule has 6 nitrogen and oxygen atoms in total. The molecule has 0 heterocycles. The van der Waals surface area contributed by atoms with Crippen molar-refractivity contribution in [2.24, 2.45) is 0 Å². The minimum Gasteiger partial charge on any atom is -0.483 e. The van der Waals surface area contributed by atoms with Gasteiger partial charge in [-0.25, -0.2) is 0 Å². The topological polar surface area (TPSA) is 91.2 Å². The molecular formula is C27H24BrN3O3. The number of carbonyl (C=O) groups excluding carboxylic acids is 2. The van der Waals surface area contributed by atoms with Crippen molar-refractivity contribution in [3.63, 3.8) is 0 Å². The van der Waals surface area contributed by atoms with E-state index in [0.29, 0.717) is 22.7 Å². The van der Waals surface area contributed by atoms with Crippen LogP contribution in [0, 0.1) is 32.1 Å². The van der Waals surface area contributed by atoms with Gasteiger partial charge in [0.25, 0.3) is 11.8 Å². The summed E-state index contributed by atoms with van der Waals surface area (Å²) < 4.78 is 6.45. The molecule has 0 aromatic heterocycles. The van der Waals surface area contributed by atoms with Gasteiger partial charge < -0.3 is 15.4 Å². The van der Waals surface area contributed by atoms with Gasteiger partial charge in [-0.2, -0.15) is 5.26 Å². The van der Waals surface area contributed by atoms with Gasteiger partial charge in [-0.3, -0.25) is 9.59 Å². The van der Waals surface area contributed by atoms with Crippen molar-refractivity contribution in [1.29, 1.82) is 5.26 Å². The highest BCUT2D eigenvalue weighted by molar-refractivity contribution is 9.10. The van der Waals surface area contributed by atoms with E-state index in [1.54, 1.807) is 24.3 Å². The number of amides is 2. The molecule has 3 aromatic rings. The van der Waals surface area contributed by atoms with E-state index < -0.39 is 5.91 Å². The van der Waals surface area contributed by atoms with Crippen molar-refractivity contribution < 1.29 is 14.3 Å². The maximum Gasteiger partial charge on any atom is 0.266 e. The van der Waals surface area contributed by atoms with Crippen LogP contribution in [-0.2, 0) is 9.59 Å². The van der Waals surface area contributed by atoms with Gasteiger partial charge in [0.15, 0.2) is 6.61 Å². The average molecular weight is 518 g/mol. The van der Waals surface area contributed by atoms with E-state index in [9.17, 15) is 14.9 Å². The van der Waals surface area contributed by atoms with Gasteiger partial charge in [0.1, 0.15) is 17.4 Å². The Kier molecular flexibility index (Phi) is 8.23. The predicted molar refractivity (Wildman–Crippen MR) is 138 cm³/mol. The Balaban J connectivity index is 1.76. The van der Waals surface area contributed by atoms with Gasteiger partial charge in [-0.1, -0.05) is 45.8 Å². The summed E-state index contributed by atoms with van der Waals surface area (Å²) in [5, 5.41) is 15.2. The Morgan fingerprint density at radius 1 is 1.03 bits per heavy atom. The first-order chi connectivity index (χ1) is 16.3. The standard InChI is InChI=1S/C27H24BrN3O3/c1-17-7-10-23(11-8-17)30-26(32)16-34-25-12-9-22(28)14-20(25)13-21(15-29)27(33)31-24-6-4-5-18(2)19(24)3/h4-14H,16H2,1-3H3,(H,30,32)(H,31,33)/b21-13+. The fourth-order valence-corrected chi connectivity index (χ4v) is 3.50. The first-order valence-corrected chi connectivity index (χ1v) is 11.3. The highest BCUT2D eigenvalue weighted by Gasteiger charge is 2.14. The summed E-state index contributed by atoms with van der Waals surface area (Å²) in [5.41, 5.74) is 4.77. The van der Waals surface area contributed by atoms with E-state index in [4.69, 9.17) is 4.74 Å². The molecular weight excluding hydrogens is 494 g/mol. The van der Waals surface area contributed by atoms with Crippen LogP contribution in [0.4, 0.5) is 11.4 Å². The zero-order chi connectivity index (χ0) is 24.7. The number of nitrogens with one attached hydrogen (secondary N) is 2. The van der Waals surface area contributed by atoms with E-state index in [2.05, 4.69) is 26.6 Å². The van der Waals surface area contributed by atoms with Gasteiger partial charge in [0.05, 0.1) is 0 Å². The van der Waals surface area contributed by atoms with E-state index in [0.717, 1.165) is 21.2 Å². The Labute approximate surface area is 207 Å². The van der Waals surface area contributed by atoms with Crippen LogP contribution in [0.5, 0.6) is 5.75 Å². The number of rotatable bonds is 7. The molecule has 0 saturated heterocycles. The quantitative estimate of drug-likeness (QED) is 0.299. The molecule has 0 aliphatic heterocycles. The number of hydrogen-bond donors (Lipinski definition) is 2. The number of nitriles is 1. The van der Waals surface area contributed by atoms with Crippen molar-refractivity contribution in [1.82, 2.24) is 0 Å². The third-order valence-corrected chi connectivity index (χ3v) is 5.68. The summed E-state index contributed by atoms with van der Waals surface area (Å²) in [6.07, 6.45) is 1.44. The number of halogens is 1. The lowest BCUT2D eigenvalue weighted by molar-refractivity contribution is -0.118. The monoisotopic (exact) mass is 517 g/mol. The van der Waals surface area contributed by atoms with Crippen LogP contribution in [0.25, 0.3) is 6.08 Å². The van der Waals surface area contributed by atoms with Gasteiger partial charge in [0, 0.05) is 21.4 Å². The second-order valence-electron chi connectivity index (χ2n) is 7.76. The molecule has 0 radical (unpaired) electrons. The third kappa shape index (κ3) is 6.56. The molecule has 3 rings (SSSR count). The zero-order valence-electron chi connectivity index (χ0n) is 19.1. The molecule has 0 saturated carbocycles. The first kappa shape index (κ1) is 24.7. The highest BCUT2D eigenvalue weighted by atomic mass is 79.9. The molecule has 0 atom stereocenters. The average Bonchev–Trinajstić information content (AvgIpc) is 2.81. The summed E-state index contributed by atoms with van der Waals surface area (Å²) in [5.74, 6) is -0.483. The van der Waals surface area contributed by atoms with E-state index in [-0.39, 0.29) is 18.1 Å². The van der Waals surface area contributed by atoms with Crippen LogP contribution >= 0.6 is 15.9 Å². The number of ether oxygens (including phenoxy) is 1. The van der Waals surface area contributed by atoms with E-state index in [1.165, 1.54) is 6.08 Å². The second kappa shape index (κ2) is 11.3. The Morgan fingerprint density at radius 2 is 1.76 bits per heavy atom. The van der Waals surface area contributed by atoms with Crippen LogP contribution in [0.2, 0.25) is 0 Å². The second-order valence-corrected chi connectivity index (χ2v) is 8.67. The summed E-state index contributed by atoms with van der Waals surface area (Å²) in [4.78, 5) is 25.1. The molecule has 0 spiro atoms. The van der Waals surface area contributed by atoms with Crippen LogP contribution in [0.1, 0.15) is 22.3 Å². The van der Waals surface area contributed by atoms with Crippen LogP contribution in [-0.4, -0.2) is 18.4 Å². The number of carbonyl (C=O) groups is 2. The van der Waals surface area contributed by atoms with Gasteiger partial charge in [0.2, 0.25) is 0 Å². The van der Waals surface area contributed by atoms with E-state index in [1.807, 2.05) is 63.2 Å². The van der Waals surface area contributed by atoms with Crippen molar-refractivity contribution in [2.45, 2.75) is 20.8 Å². The van der Waals surface area contributed by atoms with Gasteiger partial charge in [-0.05, 0) is 74.4 Å². The lowest BCUT2D eigenvalue weighted by atomic mass is 10.1. The molecule has 0 aliphatic carbocycles. The molecule has 0 fully saturated rings. The largest absolute Gasteiger partial charge is 0.483 e. The summed E-state index contributed by atoms with van der Waals surface area (Å²) in [6, 6.07) is 20.1. The zero-order valence-corrected chi connectivity index (χ0v) is 20.7. The van der Waals surface area contributed by atoms with Crippen molar-refractivity contribution in [2.75, 3.05) is 17.2 Å². The molecule has 0 bridgehead atoms. The minimum absolute atomic E-state index is 0.0898. The fourth-order valence-electron chi connectivity index (χ4n) is 3.12. The van der Waals surface area contributed by atoms with Crippen LogP contribution in [0.3, 0.4) is 0 Å². The normalized spacial score (nSPS) is 10.9. The lowest BCUT2D eigenvalue weighted by Crippen LogP contribution is -2.20. The lowest BCUT2D eigenvalue weighted by Gasteiger charge is -2.12.